The molecular formula is C16H23BrClNO2. The van der Waals surface area contributed by atoms with E-state index in [1.165, 1.54) is 0 Å². The molecule has 0 amide bonds. The van der Waals surface area contributed by atoms with E-state index in [9.17, 15) is 0 Å². The minimum Gasteiger partial charge on any atom is -0.491 e. The summed E-state index contributed by atoms with van der Waals surface area (Å²) in [5.74, 6) is 0.817. The van der Waals surface area contributed by atoms with Crippen molar-refractivity contribution in [2.75, 3.05) is 18.5 Å². The summed E-state index contributed by atoms with van der Waals surface area (Å²) in [6.07, 6.45) is 1.30. The summed E-state index contributed by atoms with van der Waals surface area (Å²) in [6, 6.07) is 4.12. The molecule has 1 aliphatic carbocycles. The van der Waals surface area contributed by atoms with E-state index in [0.717, 1.165) is 28.9 Å². The van der Waals surface area contributed by atoms with E-state index in [-0.39, 0.29) is 5.41 Å². The molecule has 0 spiro atoms. The Bertz CT molecular complexity index is 507. The second-order valence-corrected chi connectivity index (χ2v) is 7.19. The lowest BCUT2D eigenvalue weighted by atomic mass is 9.64. The summed E-state index contributed by atoms with van der Waals surface area (Å²) < 4.78 is 12.4. The molecule has 1 saturated carbocycles. The summed E-state index contributed by atoms with van der Waals surface area (Å²) in [5, 5.41) is 4.26. The number of nitrogens with one attached hydrogen (secondary N) is 1. The van der Waals surface area contributed by atoms with Gasteiger partial charge in [0.05, 0.1) is 22.9 Å². The van der Waals surface area contributed by atoms with Gasteiger partial charge in [-0.15, -0.1) is 0 Å². The van der Waals surface area contributed by atoms with Gasteiger partial charge in [-0.1, -0.05) is 25.4 Å². The van der Waals surface area contributed by atoms with Crippen LogP contribution in [0.4, 0.5) is 5.69 Å². The van der Waals surface area contributed by atoms with Crippen LogP contribution in [0.2, 0.25) is 5.02 Å². The Hall–Kier alpha value is -0.450. The van der Waals surface area contributed by atoms with E-state index in [1.807, 2.05) is 26.0 Å². The Morgan fingerprint density at radius 2 is 2.05 bits per heavy atom. The molecule has 5 heteroatoms. The average molecular weight is 377 g/mol. The first kappa shape index (κ1) is 16.9. The molecule has 1 fully saturated rings. The van der Waals surface area contributed by atoms with Crippen molar-refractivity contribution < 1.29 is 9.47 Å². The van der Waals surface area contributed by atoms with Crippen LogP contribution in [0.1, 0.15) is 34.1 Å². The van der Waals surface area contributed by atoms with Crippen molar-refractivity contribution in [1.82, 2.24) is 0 Å². The van der Waals surface area contributed by atoms with Crippen LogP contribution in [0.15, 0.2) is 16.6 Å². The number of rotatable bonds is 6. The lowest BCUT2D eigenvalue weighted by Gasteiger charge is -2.52. The highest BCUT2D eigenvalue weighted by atomic mass is 79.9. The fourth-order valence-corrected chi connectivity index (χ4v) is 3.69. The maximum Gasteiger partial charge on any atom is 0.156 e. The van der Waals surface area contributed by atoms with Crippen LogP contribution < -0.4 is 10.1 Å². The summed E-state index contributed by atoms with van der Waals surface area (Å²) in [7, 11) is 0. The molecule has 0 aliphatic heterocycles. The lowest BCUT2D eigenvalue weighted by molar-refractivity contribution is -0.0976. The molecule has 1 aromatic carbocycles. The zero-order valence-corrected chi connectivity index (χ0v) is 15.3. The maximum absolute atomic E-state index is 6.17. The van der Waals surface area contributed by atoms with Gasteiger partial charge in [0, 0.05) is 23.1 Å². The number of halogens is 2. The van der Waals surface area contributed by atoms with Crippen molar-refractivity contribution in [3.8, 4) is 5.75 Å². The molecule has 0 aromatic heterocycles. The minimum atomic E-state index is 0.0916. The highest BCUT2D eigenvalue weighted by molar-refractivity contribution is 9.10. The Balaban J connectivity index is 2.17. The zero-order valence-electron chi connectivity index (χ0n) is 13.0. The van der Waals surface area contributed by atoms with Gasteiger partial charge in [-0.3, -0.25) is 0 Å². The first-order chi connectivity index (χ1) is 9.90. The summed E-state index contributed by atoms with van der Waals surface area (Å²) in [4.78, 5) is 0. The quantitative estimate of drug-likeness (QED) is 0.747. The van der Waals surface area contributed by atoms with Crippen LogP contribution in [0, 0.1) is 5.41 Å². The number of benzene rings is 1. The van der Waals surface area contributed by atoms with Gasteiger partial charge < -0.3 is 14.8 Å². The van der Waals surface area contributed by atoms with E-state index < -0.39 is 0 Å². The monoisotopic (exact) mass is 375 g/mol. The first-order valence-corrected chi connectivity index (χ1v) is 8.57. The Kier molecular flexibility index (Phi) is 5.44. The Labute approximate surface area is 140 Å². The van der Waals surface area contributed by atoms with Gasteiger partial charge in [-0.05, 0) is 48.3 Å². The van der Waals surface area contributed by atoms with Gasteiger partial charge in [0.15, 0.2) is 5.75 Å². The summed E-state index contributed by atoms with van der Waals surface area (Å²) >= 11 is 9.69. The van der Waals surface area contributed by atoms with E-state index in [0.29, 0.717) is 23.8 Å². The van der Waals surface area contributed by atoms with Crippen LogP contribution >= 0.6 is 27.5 Å². The molecule has 0 heterocycles. The SMILES string of the molecule is CCOc1c(Br)cc(Cl)cc1NC1CC(OCC)C1(C)C. The van der Waals surface area contributed by atoms with E-state index in [1.54, 1.807) is 0 Å². The lowest BCUT2D eigenvalue weighted by Crippen LogP contribution is -2.58. The second-order valence-electron chi connectivity index (χ2n) is 5.90. The predicted molar refractivity (Wildman–Crippen MR) is 91.5 cm³/mol. The smallest absolute Gasteiger partial charge is 0.156 e. The van der Waals surface area contributed by atoms with Gasteiger partial charge in [-0.25, -0.2) is 0 Å². The van der Waals surface area contributed by atoms with Crippen molar-refractivity contribution >= 4 is 33.2 Å². The number of hydrogen-bond acceptors (Lipinski definition) is 3. The molecule has 0 saturated heterocycles. The topological polar surface area (TPSA) is 30.5 Å². The van der Waals surface area contributed by atoms with Gasteiger partial charge in [0.1, 0.15) is 0 Å². The Morgan fingerprint density at radius 3 is 2.62 bits per heavy atom. The molecule has 2 rings (SSSR count). The number of ether oxygens (including phenoxy) is 2. The van der Waals surface area contributed by atoms with Crippen LogP contribution in [0.5, 0.6) is 5.75 Å². The fraction of sp³-hybridized carbons (Fsp3) is 0.625. The van der Waals surface area contributed by atoms with Gasteiger partial charge in [0.2, 0.25) is 0 Å². The molecule has 2 atom stereocenters. The fourth-order valence-electron chi connectivity index (χ4n) is 2.76. The van der Waals surface area contributed by atoms with Crippen molar-refractivity contribution in [2.24, 2.45) is 5.41 Å². The first-order valence-electron chi connectivity index (χ1n) is 7.40. The second kappa shape index (κ2) is 6.76. The van der Waals surface area contributed by atoms with E-state index >= 15 is 0 Å². The summed E-state index contributed by atoms with van der Waals surface area (Å²) in [5.41, 5.74) is 1.03. The maximum atomic E-state index is 6.17. The average Bonchev–Trinajstić information content (AvgIpc) is 2.41. The van der Waals surface area contributed by atoms with Crippen molar-refractivity contribution in [2.45, 2.75) is 46.3 Å². The third kappa shape index (κ3) is 3.49. The molecule has 118 valence electrons. The van der Waals surface area contributed by atoms with Crippen LogP contribution in [0.25, 0.3) is 0 Å². The van der Waals surface area contributed by atoms with Crippen molar-refractivity contribution in [3.63, 3.8) is 0 Å². The third-order valence-corrected chi connectivity index (χ3v) is 4.98. The highest BCUT2D eigenvalue weighted by Gasteiger charge is 2.49. The zero-order chi connectivity index (χ0) is 15.6. The van der Waals surface area contributed by atoms with Gasteiger partial charge in [0.25, 0.3) is 0 Å². The number of anilines is 1. The molecular weight excluding hydrogens is 354 g/mol. The standard InChI is InChI=1S/C16H23BrClNO2/c1-5-20-14-9-13(16(14,3)4)19-12-8-10(18)7-11(17)15(12)21-6-2/h7-8,13-14,19H,5-6,9H2,1-4H3. The van der Waals surface area contributed by atoms with E-state index in [4.69, 9.17) is 21.1 Å². The normalized spacial score (nSPS) is 23.5. The largest absolute Gasteiger partial charge is 0.491 e. The molecule has 1 N–H and O–H groups in total. The minimum absolute atomic E-state index is 0.0916. The third-order valence-electron chi connectivity index (χ3n) is 4.17. The molecule has 0 bridgehead atoms. The predicted octanol–water partition coefficient (Wildman–Crippen LogP) is 5.12. The molecule has 3 nitrogen and oxygen atoms in total. The molecule has 1 aliphatic rings. The van der Waals surface area contributed by atoms with Gasteiger partial charge >= 0.3 is 0 Å². The van der Waals surface area contributed by atoms with Crippen LogP contribution in [-0.2, 0) is 4.74 Å². The number of hydrogen-bond donors (Lipinski definition) is 1. The van der Waals surface area contributed by atoms with Crippen LogP contribution in [0.3, 0.4) is 0 Å². The molecule has 0 radical (unpaired) electrons. The van der Waals surface area contributed by atoms with E-state index in [2.05, 4.69) is 35.1 Å². The van der Waals surface area contributed by atoms with Gasteiger partial charge in [-0.2, -0.15) is 0 Å². The Morgan fingerprint density at radius 1 is 1.33 bits per heavy atom. The molecule has 21 heavy (non-hydrogen) atoms. The van der Waals surface area contributed by atoms with Crippen LogP contribution in [-0.4, -0.2) is 25.4 Å². The summed E-state index contributed by atoms with van der Waals surface area (Å²) in [6.45, 7) is 9.85. The van der Waals surface area contributed by atoms with Crippen molar-refractivity contribution in [3.05, 3.63) is 21.6 Å². The molecule has 2 unspecified atom stereocenters. The van der Waals surface area contributed by atoms with Crippen molar-refractivity contribution in [1.29, 1.82) is 0 Å². The highest BCUT2D eigenvalue weighted by Crippen LogP contribution is 2.46. The molecule has 1 aromatic rings.